The Morgan fingerprint density at radius 1 is 1.44 bits per heavy atom. The maximum absolute atomic E-state index is 12.0. The maximum atomic E-state index is 12.0. The summed E-state index contributed by atoms with van der Waals surface area (Å²) >= 11 is 5.82. The van der Waals surface area contributed by atoms with E-state index in [1.807, 2.05) is 0 Å². The molecule has 0 aliphatic carbocycles. The largest absolute Gasteiger partial charge is 0.330 e. The lowest BCUT2D eigenvalue weighted by Crippen LogP contribution is -2.34. The van der Waals surface area contributed by atoms with Crippen molar-refractivity contribution in [3.05, 3.63) is 28.8 Å². The second kappa shape index (κ2) is 6.38. The summed E-state index contributed by atoms with van der Waals surface area (Å²) in [5.41, 5.74) is 6.66. The van der Waals surface area contributed by atoms with Gasteiger partial charge >= 0.3 is 10.2 Å². The number of halogens is 1. The van der Waals surface area contributed by atoms with Crippen molar-refractivity contribution in [1.82, 2.24) is 4.31 Å². The molecule has 0 amide bonds. The van der Waals surface area contributed by atoms with Crippen LogP contribution < -0.4 is 10.5 Å². The molecule has 0 aliphatic heterocycles. The number of hydrogen-bond acceptors (Lipinski definition) is 3. The first-order valence-electron chi connectivity index (χ1n) is 5.57. The highest BCUT2D eigenvalue weighted by atomic mass is 35.5. The van der Waals surface area contributed by atoms with Gasteiger partial charge in [0.1, 0.15) is 0 Å². The minimum absolute atomic E-state index is 0.387. The van der Waals surface area contributed by atoms with Crippen molar-refractivity contribution >= 4 is 27.5 Å². The van der Waals surface area contributed by atoms with E-state index in [1.165, 1.54) is 11.4 Å². The summed E-state index contributed by atoms with van der Waals surface area (Å²) in [5, 5.41) is 0.576. The van der Waals surface area contributed by atoms with Crippen molar-refractivity contribution in [1.29, 1.82) is 0 Å². The van der Waals surface area contributed by atoms with Crippen LogP contribution in [-0.2, 0) is 10.2 Å². The molecule has 0 aliphatic rings. The summed E-state index contributed by atoms with van der Waals surface area (Å²) in [5.74, 6) is 0. The van der Waals surface area contributed by atoms with Crippen LogP contribution in [0.5, 0.6) is 0 Å². The van der Waals surface area contributed by atoms with Gasteiger partial charge in [-0.15, -0.1) is 0 Å². The molecule has 0 saturated heterocycles. The predicted octanol–water partition coefficient (Wildman–Crippen LogP) is 1.59. The molecule has 0 unspecified atom stereocenters. The van der Waals surface area contributed by atoms with Gasteiger partial charge in [0.05, 0.1) is 5.69 Å². The third-order valence-corrected chi connectivity index (χ3v) is 4.23. The van der Waals surface area contributed by atoms with Crippen molar-refractivity contribution in [3.63, 3.8) is 0 Å². The van der Waals surface area contributed by atoms with Crippen LogP contribution in [0.3, 0.4) is 0 Å². The van der Waals surface area contributed by atoms with Gasteiger partial charge in [-0.05, 0) is 43.7 Å². The number of hydrogen-bond donors (Lipinski definition) is 2. The van der Waals surface area contributed by atoms with E-state index in [2.05, 4.69) is 4.72 Å². The molecule has 18 heavy (non-hydrogen) atoms. The molecule has 7 heteroatoms. The summed E-state index contributed by atoms with van der Waals surface area (Å²) < 4.78 is 27.7. The summed E-state index contributed by atoms with van der Waals surface area (Å²) in [6.07, 6.45) is 0.622. The normalized spacial score (nSPS) is 11.8. The number of anilines is 1. The molecule has 0 saturated carbocycles. The molecule has 0 radical (unpaired) electrons. The van der Waals surface area contributed by atoms with E-state index < -0.39 is 10.2 Å². The van der Waals surface area contributed by atoms with Gasteiger partial charge in [-0.3, -0.25) is 4.72 Å². The minimum Gasteiger partial charge on any atom is -0.330 e. The lowest BCUT2D eigenvalue weighted by Gasteiger charge is -2.19. The molecule has 1 aromatic rings. The molecule has 0 aromatic heterocycles. The van der Waals surface area contributed by atoms with Gasteiger partial charge in [0.25, 0.3) is 0 Å². The lowest BCUT2D eigenvalue weighted by molar-refractivity contribution is 0.468. The number of nitrogens with two attached hydrogens (primary N) is 1. The molecule has 0 spiro atoms. The molecule has 0 bridgehead atoms. The Hall–Kier alpha value is -0.820. The Morgan fingerprint density at radius 2 is 2.11 bits per heavy atom. The van der Waals surface area contributed by atoms with E-state index in [4.69, 9.17) is 17.3 Å². The minimum atomic E-state index is -3.54. The third-order valence-electron chi connectivity index (χ3n) is 2.51. The first-order valence-corrected chi connectivity index (χ1v) is 7.39. The number of benzene rings is 1. The van der Waals surface area contributed by atoms with Crippen molar-refractivity contribution in [3.8, 4) is 0 Å². The van der Waals surface area contributed by atoms with Gasteiger partial charge in [-0.2, -0.15) is 12.7 Å². The van der Waals surface area contributed by atoms with Crippen LogP contribution in [0.4, 0.5) is 5.69 Å². The van der Waals surface area contributed by atoms with Crippen molar-refractivity contribution in [2.24, 2.45) is 5.73 Å². The average molecular weight is 292 g/mol. The summed E-state index contributed by atoms with van der Waals surface area (Å²) in [6, 6.07) is 5.00. The third kappa shape index (κ3) is 4.13. The molecule has 1 rings (SSSR count). The predicted molar refractivity (Wildman–Crippen MR) is 75.0 cm³/mol. The Morgan fingerprint density at radius 3 is 2.67 bits per heavy atom. The van der Waals surface area contributed by atoms with Gasteiger partial charge in [0.15, 0.2) is 0 Å². The van der Waals surface area contributed by atoms with Crippen molar-refractivity contribution in [2.45, 2.75) is 13.3 Å². The fourth-order valence-electron chi connectivity index (χ4n) is 1.39. The van der Waals surface area contributed by atoms with Crippen LogP contribution in [0.25, 0.3) is 0 Å². The highest BCUT2D eigenvalue weighted by molar-refractivity contribution is 7.90. The first-order chi connectivity index (χ1) is 8.36. The highest BCUT2D eigenvalue weighted by Crippen LogP contribution is 2.21. The van der Waals surface area contributed by atoms with Crippen LogP contribution in [0.2, 0.25) is 5.02 Å². The van der Waals surface area contributed by atoms with Crippen LogP contribution >= 0.6 is 11.6 Å². The van der Waals surface area contributed by atoms with Crippen LogP contribution in [0.15, 0.2) is 18.2 Å². The van der Waals surface area contributed by atoms with Crippen molar-refractivity contribution < 1.29 is 8.42 Å². The number of rotatable bonds is 6. The quantitative estimate of drug-likeness (QED) is 0.836. The van der Waals surface area contributed by atoms with Gasteiger partial charge in [-0.1, -0.05) is 11.6 Å². The Labute approximate surface area is 113 Å². The molecule has 0 heterocycles. The van der Waals surface area contributed by atoms with Gasteiger partial charge in [-0.25, -0.2) is 0 Å². The zero-order valence-electron chi connectivity index (χ0n) is 10.5. The van der Waals surface area contributed by atoms with E-state index in [1.54, 1.807) is 25.1 Å². The SMILES string of the molecule is Cc1cc(Cl)ccc1NS(=O)(=O)N(C)CCCN. The molecule has 1 aromatic carbocycles. The number of aryl methyl sites for hydroxylation is 1. The Balaban J connectivity index is 2.82. The van der Waals surface area contributed by atoms with E-state index in [9.17, 15) is 8.42 Å². The number of nitrogens with one attached hydrogen (secondary N) is 1. The second-order valence-electron chi connectivity index (χ2n) is 4.03. The smallest absolute Gasteiger partial charge is 0.301 e. The fraction of sp³-hybridized carbons (Fsp3) is 0.455. The van der Waals surface area contributed by atoms with Crippen LogP contribution in [0.1, 0.15) is 12.0 Å². The number of nitrogens with zero attached hydrogens (tertiary/aromatic N) is 1. The van der Waals surface area contributed by atoms with E-state index in [0.29, 0.717) is 30.2 Å². The Bertz CT molecular complexity index is 505. The molecule has 5 nitrogen and oxygen atoms in total. The standard InChI is InChI=1S/C11H18ClN3O2S/c1-9-8-10(12)4-5-11(9)14-18(16,17)15(2)7-3-6-13/h4-5,8,14H,3,6-7,13H2,1-2H3. The van der Waals surface area contributed by atoms with Gasteiger partial charge in [0.2, 0.25) is 0 Å². The summed E-state index contributed by atoms with van der Waals surface area (Å²) in [4.78, 5) is 0. The molecular weight excluding hydrogens is 274 g/mol. The van der Waals surface area contributed by atoms with Gasteiger partial charge < -0.3 is 5.73 Å². The van der Waals surface area contributed by atoms with E-state index in [-0.39, 0.29) is 0 Å². The zero-order chi connectivity index (χ0) is 13.8. The lowest BCUT2D eigenvalue weighted by atomic mass is 10.2. The van der Waals surface area contributed by atoms with E-state index >= 15 is 0 Å². The van der Waals surface area contributed by atoms with E-state index in [0.717, 1.165) is 5.56 Å². The molecule has 3 N–H and O–H groups in total. The Kier molecular flexibility index (Phi) is 5.40. The fourth-order valence-corrected chi connectivity index (χ4v) is 2.65. The monoisotopic (exact) mass is 291 g/mol. The molecule has 0 atom stereocenters. The second-order valence-corrected chi connectivity index (χ2v) is 6.24. The highest BCUT2D eigenvalue weighted by Gasteiger charge is 2.17. The van der Waals surface area contributed by atoms with Crippen molar-refractivity contribution in [2.75, 3.05) is 24.9 Å². The topological polar surface area (TPSA) is 75.4 Å². The van der Waals surface area contributed by atoms with Crippen LogP contribution in [0, 0.1) is 6.92 Å². The van der Waals surface area contributed by atoms with Crippen LogP contribution in [-0.4, -0.2) is 32.9 Å². The first kappa shape index (κ1) is 15.2. The average Bonchev–Trinajstić information content (AvgIpc) is 2.29. The molecule has 0 fully saturated rings. The summed E-state index contributed by atoms with van der Waals surface area (Å²) in [7, 11) is -2.02. The zero-order valence-corrected chi connectivity index (χ0v) is 12.1. The van der Waals surface area contributed by atoms with Gasteiger partial charge in [0, 0.05) is 18.6 Å². The molecule has 102 valence electrons. The maximum Gasteiger partial charge on any atom is 0.301 e. The summed E-state index contributed by atoms with van der Waals surface area (Å²) in [6.45, 7) is 2.64. The molecular formula is C11H18ClN3O2S.